The van der Waals surface area contributed by atoms with E-state index in [2.05, 4.69) is 0 Å². The Hall–Kier alpha value is -1.23. The van der Waals surface area contributed by atoms with Crippen LogP contribution in [0.3, 0.4) is 0 Å². The molecule has 0 aromatic carbocycles. The van der Waals surface area contributed by atoms with E-state index in [9.17, 15) is 14.9 Å². The normalized spacial score (nSPS) is 9.85. The first kappa shape index (κ1) is 9.85. The van der Waals surface area contributed by atoms with E-state index in [1.54, 1.807) is 6.07 Å². The van der Waals surface area contributed by atoms with Crippen LogP contribution >= 0.6 is 11.3 Å². The predicted octanol–water partition coefficient (Wildman–Crippen LogP) is 2.18. The summed E-state index contributed by atoms with van der Waals surface area (Å²) in [6.45, 7) is 0. The van der Waals surface area contributed by atoms with E-state index in [4.69, 9.17) is 0 Å². The van der Waals surface area contributed by atoms with E-state index in [0.717, 1.165) is 24.0 Å². The van der Waals surface area contributed by atoms with E-state index in [-0.39, 0.29) is 5.00 Å². The Morgan fingerprint density at radius 1 is 1.54 bits per heavy atom. The highest BCUT2D eigenvalue weighted by molar-refractivity contribution is 7.15. The highest BCUT2D eigenvalue weighted by Gasteiger charge is 2.08. The molecule has 5 heteroatoms. The second-order valence-corrected chi connectivity index (χ2v) is 3.70. The lowest BCUT2D eigenvalue weighted by atomic mass is 10.2. The van der Waals surface area contributed by atoms with Crippen LogP contribution < -0.4 is 0 Å². The second kappa shape index (κ2) is 4.71. The van der Waals surface area contributed by atoms with Gasteiger partial charge in [0.15, 0.2) is 0 Å². The molecule has 13 heavy (non-hydrogen) atoms. The lowest BCUT2D eigenvalue weighted by Crippen LogP contribution is -1.82. The summed E-state index contributed by atoms with van der Waals surface area (Å²) in [5, 5.41) is 10.5. The number of carbonyl (C=O) groups excluding carboxylic acids is 1. The van der Waals surface area contributed by atoms with Crippen molar-refractivity contribution in [2.45, 2.75) is 19.3 Å². The smallest absolute Gasteiger partial charge is 0.303 e. The van der Waals surface area contributed by atoms with Gasteiger partial charge in [0.25, 0.3) is 0 Å². The summed E-state index contributed by atoms with van der Waals surface area (Å²) < 4.78 is 0. The fraction of sp³-hybridized carbons (Fsp3) is 0.375. The molecule has 0 unspecified atom stereocenters. The van der Waals surface area contributed by atoms with E-state index in [1.165, 1.54) is 17.4 Å². The first-order chi connectivity index (χ1) is 6.24. The summed E-state index contributed by atoms with van der Waals surface area (Å²) in [6.07, 6.45) is 2.89. The van der Waals surface area contributed by atoms with Gasteiger partial charge in [-0.2, -0.15) is 0 Å². The maximum atomic E-state index is 10.3. The van der Waals surface area contributed by atoms with Crippen molar-refractivity contribution in [3.63, 3.8) is 0 Å². The molecule has 70 valence electrons. The van der Waals surface area contributed by atoms with Gasteiger partial charge >= 0.3 is 5.00 Å². The third-order valence-electron chi connectivity index (χ3n) is 1.57. The molecule has 0 bridgehead atoms. The molecule has 0 saturated heterocycles. The van der Waals surface area contributed by atoms with E-state index >= 15 is 0 Å². The molecule has 0 N–H and O–H groups in total. The Balaban J connectivity index is 2.49. The lowest BCUT2D eigenvalue weighted by Gasteiger charge is -1.90. The van der Waals surface area contributed by atoms with Crippen LogP contribution in [0.5, 0.6) is 0 Å². The van der Waals surface area contributed by atoms with Gasteiger partial charge in [0.2, 0.25) is 0 Å². The number of carbonyl (C=O) groups is 1. The van der Waals surface area contributed by atoms with Crippen molar-refractivity contribution in [3.8, 4) is 0 Å². The molecule has 1 heterocycles. The van der Waals surface area contributed by atoms with Crippen LogP contribution in [0.15, 0.2) is 12.1 Å². The topological polar surface area (TPSA) is 60.2 Å². The standard InChI is InChI=1S/C8H9NO3S/c10-6-2-1-3-7-4-5-8(13-7)9(11)12/h4-6H,1-3H2. The summed E-state index contributed by atoms with van der Waals surface area (Å²) in [5.74, 6) is 0. The van der Waals surface area contributed by atoms with E-state index in [0.29, 0.717) is 6.42 Å². The van der Waals surface area contributed by atoms with Crippen LogP contribution in [0, 0.1) is 10.1 Å². The summed E-state index contributed by atoms with van der Waals surface area (Å²) in [7, 11) is 0. The molecule has 0 amide bonds. The fourth-order valence-corrected chi connectivity index (χ4v) is 1.82. The average molecular weight is 199 g/mol. The molecule has 0 saturated carbocycles. The summed E-state index contributed by atoms with van der Waals surface area (Å²) >= 11 is 1.18. The Labute approximate surface area is 79.3 Å². The van der Waals surface area contributed by atoms with Gasteiger partial charge < -0.3 is 4.79 Å². The zero-order valence-electron chi connectivity index (χ0n) is 6.93. The third-order valence-corrected chi connectivity index (χ3v) is 2.67. The van der Waals surface area contributed by atoms with Gasteiger partial charge in [-0.15, -0.1) is 0 Å². The number of thiophene rings is 1. The Morgan fingerprint density at radius 2 is 2.31 bits per heavy atom. The maximum Gasteiger partial charge on any atom is 0.324 e. The molecule has 0 spiro atoms. The van der Waals surface area contributed by atoms with Crippen LogP contribution in [0.2, 0.25) is 0 Å². The molecule has 0 fully saturated rings. The Morgan fingerprint density at radius 3 is 2.85 bits per heavy atom. The molecular weight excluding hydrogens is 190 g/mol. The summed E-state index contributed by atoms with van der Waals surface area (Å²) in [6, 6.07) is 3.24. The third kappa shape index (κ3) is 2.95. The minimum Gasteiger partial charge on any atom is -0.303 e. The number of aldehydes is 1. The fourth-order valence-electron chi connectivity index (χ4n) is 0.959. The van der Waals surface area contributed by atoms with Crippen LogP contribution in [0.1, 0.15) is 17.7 Å². The highest BCUT2D eigenvalue weighted by Crippen LogP contribution is 2.24. The quantitative estimate of drug-likeness (QED) is 0.316. The zero-order chi connectivity index (χ0) is 9.68. The van der Waals surface area contributed by atoms with Crippen molar-refractivity contribution in [2.24, 2.45) is 0 Å². The molecule has 1 aromatic heterocycles. The van der Waals surface area contributed by atoms with Crippen LogP contribution in [-0.4, -0.2) is 11.2 Å². The van der Waals surface area contributed by atoms with Gasteiger partial charge in [0, 0.05) is 17.4 Å². The Kier molecular flexibility index (Phi) is 3.57. The van der Waals surface area contributed by atoms with E-state index in [1.807, 2.05) is 0 Å². The minimum absolute atomic E-state index is 0.168. The minimum atomic E-state index is -0.395. The van der Waals surface area contributed by atoms with Gasteiger partial charge in [-0.05, 0) is 18.9 Å². The van der Waals surface area contributed by atoms with Gasteiger partial charge in [0.05, 0.1) is 4.92 Å². The van der Waals surface area contributed by atoms with Gasteiger partial charge in [-0.3, -0.25) is 10.1 Å². The molecule has 4 nitrogen and oxygen atoms in total. The van der Waals surface area contributed by atoms with Crippen molar-refractivity contribution in [1.82, 2.24) is 0 Å². The van der Waals surface area contributed by atoms with Crippen molar-refractivity contribution in [3.05, 3.63) is 27.1 Å². The number of rotatable bonds is 5. The van der Waals surface area contributed by atoms with Crippen LogP contribution in [0.25, 0.3) is 0 Å². The first-order valence-corrected chi connectivity index (χ1v) is 4.72. The highest BCUT2D eigenvalue weighted by atomic mass is 32.1. The monoisotopic (exact) mass is 199 g/mol. The predicted molar refractivity (Wildman–Crippen MR) is 50.0 cm³/mol. The van der Waals surface area contributed by atoms with Gasteiger partial charge in [-0.25, -0.2) is 0 Å². The average Bonchev–Trinajstić information content (AvgIpc) is 2.53. The molecule has 0 radical (unpaired) electrons. The number of hydrogen-bond acceptors (Lipinski definition) is 4. The van der Waals surface area contributed by atoms with E-state index < -0.39 is 4.92 Å². The number of nitro groups is 1. The summed E-state index contributed by atoms with van der Waals surface area (Å²) in [5.41, 5.74) is 0. The lowest BCUT2D eigenvalue weighted by molar-refractivity contribution is -0.380. The number of hydrogen-bond donors (Lipinski definition) is 0. The molecule has 1 rings (SSSR count). The Bertz CT molecular complexity index is 308. The second-order valence-electron chi connectivity index (χ2n) is 2.56. The molecule has 0 atom stereocenters. The SMILES string of the molecule is O=CCCCc1ccc([N+](=O)[O-])s1. The van der Waals surface area contributed by atoms with Crippen molar-refractivity contribution in [2.75, 3.05) is 0 Å². The van der Waals surface area contributed by atoms with Gasteiger partial charge in [-0.1, -0.05) is 11.3 Å². The summed E-state index contributed by atoms with van der Waals surface area (Å²) in [4.78, 5) is 20.9. The molecule has 0 aliphatic carbocycles. The maximum absolute atomic E-state index is 10.3. The van der Waals surface area contributed by atoms with Crippen molar-refractivity contribution < 1.29 is 9.72 Å². The van der Waals surface area contributed by atoms with Crippen molar-refractivity contribution in [1.29, 1.82) is 0 Å². The first-order valence-electron chi connectivity index (χ1n) is 3.91. The number of nitrogens with zero attached hydrogens (tertiary/aromatic N) is 1. The van der Waals surface area contributed by atoms with Crippen molar-refractivity contribution >= 4 is 22.6 Å². The molecule has 0 aliphatic heterocycles. The zero-order valence-corrected chi connectivity index (χ0v) is 7.75. The van der Waals surface area contributed by atoms with Crippen LogP contribution in [-0.2, 0) is 11.2 Å². The van der Waals surface area contributed by atoms with Crippen LogP contribution in [0.4, 0.5) is 5.00 Å². The number of aryl methyl sites for hydroxylation is 1. The van der Waals surface area contributed by atoms with Gasteiger partial charge in [0.1, 0.15) is 6.29 Å². The molecule has 1 aromatic rings. The largest absolute Gasteiger partial charge is 0.324 e. The molecule has 0 aliphatic rings. The molecular formula is C8H9NO3S. The number of unbranched alkanes of at least 4 members (excludes halogenated alkanes) is 1.